The van der Waals surface area contributed by atoms with Crippen molar-refractivity contribution in [3.8, 4) is 5.75 Å². The summed E-state index contributed by atoms with van der Waals surface area (Å²) in [6, 6.07) is 13.7. The summed E-state index contributed by atoms with van der Waals surface area (Å²) < 4.78 is 5.30. The maximum Gasteiger partial charge on any atom is 0.256 e. The van der Waals surface area contributed by atoms with Crippen LogP contribution in [-0.4, -0.2) is 48.6 Å². The first-order valence-electron chi connectivity index (χ1n) is 8.17. The van der Waals surface area contributed by atoms with Crippen LogP contribution in [0, 0.1) is 0 Å². The summed E-state index contributed by atoms with van der Waals surface area (Å²) in [6.45, 7) is 0.544. The van der Waals surface area contributed by atoms with Crippen molar-refractivity contribution >= 4 is 29.1 Å². The number of rotatable bonds is 4. The Bertz CT molecular complexity index is 827. The van der Waals surface area contributed by atoms with Crippen LogP contribution in [0.5, 0.6) is 5.75 Å². The molecule has 2 aromatic carbocycles. The van der Waals surface area contributed by atoms with Crippen LogP contribution >= 0.6 is 11.6 Å². The molecule has 26 heavy (non-hydrogen) atoms. The van der Waals surface area contributed by atoms with Gasteiger partial charge < -0.3 is 19.6 Å². The van der Waals surface area contributed by atoms with E-state index in [4.69, 9.17) is 16.3 Å². The van der Waals surface area contributed by atoms with Gasteiger partial charge in [0.15, 0.2) is 6.10 Å². The molecule has 0 saturated carbocycles. The Balaban J connectivity index is 1.72. The lowest BCUT2D eigenvalue weighted by Crippen LogP contribution is -2.53. The Hall–Kier alpha value is -2.57. The highest BCUT2D eigenvalue weighted by Gasteiger charge is 2.32. The van der Waals surface area contributed by atoms with Crippen LogP contribution in [-0.2, 0) is 9.59 Å². The molecular weight excluding hydrogens is 356 g/mol. The van der Waals surface area contributed by atoms with Crippen LogP contribution in [0.3, 0.4) is 0 Å². The highest BCUT2D eigenvalue weighted by Crippen LogP contribution is 2.29. The number of ether oxygens (including phenoxy) is 1. The molecular formula is C19H19ClN2O4. The molecule has 1 aliphatic rings. The largest absolute Gasteiger partial charge is 0.495 e. The van der Waals surface area contributed by atoms with Gasteiger partial charge in [-0.2, -0.15) is 0 Å². The average molecular weight is 375 g/mol. The molecule has 0 unspecified atom stereocenters. The monoisotopic (exact) mass is 374 g/mol. The Morgan fingerprint density at radius 2 is 1.96 bits per heavy atom. The number of aliphatic hydroxyl groups excluding tert-OH is 1. The minimum Gasteiger partial charge on any atom is -0.495 e. The molecule has 2 amide bonds. The maximum absolute atomic E-state index is 12.6. The van der Waals surface area contributed by atoms with E-state index in [1.54, 1.807) is 42.3 Å². The van der Waals surface area contributed by atoms with Crippen LogP contribution in [0.1, 0.15) is 11.7 Å². The van der Waals surface area contributed by atoms with Crippen LogP contribution in [0.15, 0.2) is 48.5 Å². The highest BCUT2D eigenvalue weighted by molar-refractivity contribution is 6.30. The van der Waals surface area contributed by atoms with Crippen LogP contribution in [0.4, 0.5) is 5.69 Å². The summed E-state index contributed by atoms with van der Waals surface area (Å²) in [6.07, 6.45) is -1.35. The van der Waals surface area contributed by atoms with Gasteiger partial charge in [-0.3, -0.25) is 9.59 Å². The number of nitrogens with zero attached hydrogens (tertiary/aromatic N) is 2. The number of hydrogen-bond acceptors (Lipinski definition) is 4. The van der Waals surface area contributed by atoms with E-state index in [1.807, 2.05) is 12.1 Å². The second-order valence-electron chi connectivity index (χ2n) is 5.93. The number of methoxy groups -OCH3 is 1. The van der Waals surface area contributed by atoms with Gasteiger partial charge in [-0.15, -0.1) is 0 Å². The fourth-order valence-electron chi connectivity index (χ4n) is 2.96. The number of para-hydroxylation sites is 2. The van der Waals surface area contributed by atoms with Gasteiger partial charge in [0.1, 0.15) is 12.3 Å². The number of amides is 2. The third-order valence-electron chi connectivity index (χ3n) is 4.31. The Labute approximate surface area is 156 Å². The first kappa shape index (κ1) is 18.2. The SMILES string of the molecule is COc1ccccc1N1CCN(C(=O)[C@@H](O)c2cccc(Cl)c2)CC1=O. The molecule has 6 nitrogen and oxygen atoms in total. The summed E-state index contributed by atoms with van der Waals surface area (Å²) in [5, 5.41) is 10.8. The van der Waals surface area contributed by atoms with Crippen LogP contribution in [0.25, 0.3) is 0 Å². The summed E-state index contributed by atoms with van der Waals surface area (Å²) in [4.78, 5) is 28.1. The van der Waals surface area contributed by atoms with E-state index in [-0.39, 0.29) is 12.5 Å². The first-order chi connectivity index (χ1) is 12.5. The second kappa shape index (κ2) is 7.76. The zero-order valence-corrected chi connectivity index (χ0v) is 15.0. The Morgan fingerprint density at radius 1 is 1.19 bits per heavy atom. The van der Waals surface area contributed by atoms with Crippen molar-refractivity contribution in [3.05, 3.63) is 59.1 Å². The van der Waals surface area contributed by atoms with Crippen molar-refractivity contribution < 1.29 is 19.4 Å². The van der Waals surface area contributed by atoms with Gasteiger partial charge in [-0.25, -0.2) is 0 Å². The first-order valence-corrected chi connectivity index (χ1v) is 8.54. The lowest BCUT2D eigenvalue weighted by atomic mass is 10.1. The van der Waals surface area contributed by atoms with Crippen molar-refractivity contribution in [1.29, 1.82) is 0 Å². The molecule has 0 aliphatic carbocycles. The number of benzene rings is 2. The molecule has 1 N–H and O–H groups in total. The summed E-state index contributed by atoms with van der Waals surface area (Å²) in [7, 11) is 1.55. The molecule has 0 radical (unpaired) electrons. The topological polar surface area (TPSA) is 70.1 Å². The Morgan fingerprint density at radius 3 is 2.65 bits per heavy atom. The van der Waals surface area contributed by atoms with Crippen molar-refractivity contribution in [2.45, 2.75) is 6.10 Å². The van der Waals surface area contributed by atoms with E-state index in [0.717, 1.165) is 0 Å². The van der Waals surface area contributed by atoms with E-state index in [2.05, 4.69) is 0 Å². The van der Waals surface area contributed by atoms with E-state index in [9.17, 15) is 14.7 Å². The van der Waals surface area contributed by atoms with Gasteiger partial charge in [0.25, 0.3) is 5.91 Å². The predicted molar refractivity (Wildman–Crippen MR) is 98.3 cm³/mol. The van der Waals surface area contributed by atoms with Gasteiger partial charge in [-0.1, -0.05) is 35.9 Å². The lowest BCUT2D eigenvalue weighted by molar-refractivity contribution is -0.144. The molecule has 136 valence electrons. The molecule has 3 rings (SSSR count). The number of halogens is 1. The summed E-state index contributed by atoms with van der Waals surface area (Å²) >= 11 is 5.91. The molecule has 1 fully saturated rings. The number of aliphatic hydroxyl groups is 1. The van der Waals surface area contributed by atoms with E-state index in [0.29, 0.717) is 35.1 Å². The molecule has 1 atom stereocenters. The lowest BCUT2D eigenvalue weighted by Gasteiger charge is -2.35. The Kier molecular flexibility index (Phi) is 5.44. The molecule has 7 heteroatoms. The van der Waals surface area contributed by atoms with Crippen molar-refractivity contribution in [3.63, 3.8) is 0 Å². The number of carbonyl (C=O) groups excluding carboxylic acids is 2. The minimum absolute atomic E-state index is 0.103. The smallest absolute Gasteiger partial charge is 0.256 e. The quantitative estimate of drug-likeness (QED) is 0.891. The van der Waals surface area contributed by atoms with E-state index in [1.165, 1.54) is 11.0 Å². The molecule has 0 spiro atoms. The molecule has 1 aliphatic heterocycles. The number of hydrogen-bond donors (Lipinski definition) is 1. The van der Waals surface area contributed by atoms with Crippen molar-refractivity contribution in [2.24, 2.45) is 0 Å². The van der Waals surface area contributed by atoms with Crippen LogP contribution < -0.4 is 9.64 Å². The van der Waals surface area contributed by atoms with Gasteiger partial charge in [-0.05, 0) is 29.8 Å². The average Bonchev–Trinajstić information content (AvgIpc) is 2.66. The second-order valence-corrected chi connectivity index (χ2v) is 6.37. The molecule has 0 aromatic heterocycles. The summed E-state index contributed by atoms with van der Waals surface area (Å²) in [5.41, 5.74) is 1.07. The zero-order valence-electron chi connectivity index (χ0n) is 14.3. The summed E-state index contributed by atoms with van der Waals surface area (Å²) in [5.74, 6) is -0.146. The molecule has 2 aromatic rings. The van der Waals surface area contributed by atoms with Crippen molar-refractivity contribution in [1.82, 2.24) is 4.90 Å². The fourth-order valence-corrected chi connectivity index (χ4v) is 3.16. The van der Waals surface area contributed by atoms with Gasteiger partial charge in [0.2, 0.25) is 5.91 Å². The molecule has 1 heterocycles. The minimum atomic E-state index is -1.35. The molecule has 0 bridgehead atoms. The van der Waals surface area contributed by atoms with Gasteiger partial charge >= 0.3 is 0 Å². The third kappa shape index (κ3) is 3.66. The highest BCUT2D eigenvalue weighted by atomic mass is 35.5. The fraction of sp³-hybridized carbons (Fsp3) is 0.263. The zero-order chi connectivity index (χ0) is 18.7. The predicted octanol–water partition coefficient (Wildman–Crippen LogP) is 2.26. The van der Waals surface area contributed by atoms with E-state index >= 15 is 0 Å². The third-order valence-corrected chi connectivity index (χ3v) is 4.54. The normalized spacial score (nSPS) is 15.7. The number of carbonyl (C=O) groups is 2. The van der Waals surface area contributed by atoms with E-state index < -0.39 is 12.0 Å². The van der Waals surface area contributed by atoms with Crippen LogP contribution in [0.2, 0.25) is 5.02 Å². The number of anilines is 1. The standard InChI is InChI=1S/C19H19ClN2O4/c1-26-16-8-3-2-7-15(16)22-10-9-21(12-17(22)23)19(25)18(24)13-5-4-6-14(20)11-13/h2-8,11,18,24H,9-10,12H2,1H3/t18-/m0/s1. The van der Waals surface area contributed by atoms with Gasteiger partial charge in [0.05, 0.1) is 12.8 Å². The van der Waals surface area contributed by atoms with Crippen molar-refractivity contribution in [2.75, 3.05) is 31.6 Å². The number of piperazine rings is 1. The maximum atomic E-state index is 12.6. The van der Waals surface area contributed by atoms with Gasteiger partial charge in [0, 0.05) is 18.1 Å². The molecule has 1 saturated heterocycles.